The fourth-order valence-corrected chi connectivity index (χ4v) is 3.54. The van der Waals surface area contributed by atoms with Gasteiger partial charge in [-0.2, -0.15) is 4.57 Å². The van der Waals surface area contributed by atoms with Crippen molar-refractivity contribution in [3.8, 4) is 0 Å². The first-order valence-corrected chi connectivity index (χ1v) is 8.33. The summed E-state index contributed by atoms with van der Waals surface area (Å²) in [5.41, 5.74) is 3.67. The predicted molar refractivity (Wildman–Crippen MR) is 91.6 cm³/mol. The summed E-state index contributed by atoms with van der Waals surface area (Å²) < 4.78 is 2.04. The van der Waals surface area contributed by atoms with Crippen LogP contribution in [0.1, 0.15) is 34.3 Å². The summed E-state index contributed by atoms with van der Waals surface area (Å²) in [5.74, 6) is 0.169. The quantitative estimate of drug-likeness (QED) is 0.531. The van der Waals surface area contributed by atoms with Gasteiger partial charge in [0, 0.05) is 17.2 Å². The number of aromatic nitrogens is 1. The Hall–Kier alpha value is -2.48. The number of aryl methyl sites for hydroxylation is 2. The number of fused-ring (bicyclic) bond motifs is 2. The number of carbonyl (C=O) groups is 1. The van der Waals surface area contributed by atoms with E-state index in [2.05, 4.69) is 24.4 Å². The number of rotatable bonds is 3. The molecular formula is C21H20NO+. The van der Waals surface area contributed by atoms with Gasteiger partial charge in [0.25, 0.3) is 0 Å². The first-order valence-electron chi connectivity index (χ1n) is 8.33. The zero-order valence-corrected chi connectivity index (χ0v) is 13.2. The Balaban J connectivity index is 1.64. The van der Waals surface area contributed by atoms with Crippen LogP contribution in [0.25, 0.3) is 10.8 Å². The van der Waals surface area contributed by atoms with Gasteiger partial charge in [-0.25, -0.2) is 0 Å². The van der Waals surface area contributed by atoms with Crippen molar-refractivity contribution in [3.05, 3.63) is 77.6 Å². The largest absolute Gasteiger partial charge is 0.287 e. The number of carbonyl (C=O) groups excluding carboxylic acids is 1. The summed E-state index contributed by atoms with van der Waals surface area (Å²) in [6, 6.07) is 16.2. The third kappa shape index (κ3) is 2.77. The first kappa shape index (κ1) is 14.1. The summed E-state index contributed by atoms with van der Waals surface area (Å²) in [6.45, 7) is 0.404. The smallest absolute Gasteiger partial charge is 0.228 e. The summed E-state index contributed by atoms with van der Waals surface area (Å²) in [5, 5.41) is 2.16. The number of Topliss-reactive ketones (excluding diaryl/α,β-unsaturated/α-hetero) is 1. The number of benzene rings is 2. The molecule has 0 aliphatic heterocycles. The maximum atomic E-state index is 12.8. The highest BCUT2D eigenvalue weighted by molar-refractivity contribution is 6.07. The molecule has 4 rings (SSSR count). The molecule has 0 fully saturated rings. The topological polar surface area (TPSA) is 20.9 Å². The van der Waals surface area contributed by atoms with E-state index in [1.165, 1.54) is 30.4 Å². The highest BCUT2D eigenvalue weighted by Gasteiger charge is 2.18. The third-order valence-corrected chi connectivity index (χ3v) is 4.76. The molecule has 1 heterocycles. The van der Waals surface area contributed by atoms with E-state index in [-0.39, 0.29) is 5.78 Å². The van der Waals surface area contributed by atoms with Crippen molar-refractivity contribution in [2.24, 2.45) is 0 Å². The molecule has 0 radical (unpaired) electrons. The number of ketones is 1. The van der Waals surface area contributed by atoms with Gasteiger partial charge in [-0.3, -0.25) is 4.79 Å². The normalized spacial score (nSPS) is 13.7. The second-order valence-corrected chi connectivity index (χ2v) is 6.32. The molecule has 0 saturated carbocycles. The number of hydrogen-bond donors (Lipinski definition) is 0. The predicted octanol–water partition coefficient (Wildman–Crippen LogP) is 3.89. The van der Waals surface area contributed by atoms with E-state index >= 15 is 0 Å². The van der Waals surface area contributed by atoms with Crippen LogP contribution in [-0.4, -0.2) is 5.78 Å². The number of nitrogens with zero attached hydrogens (tertiary/aromatic N) is 1. The van der Waals surface area contributed by atoms with Crippen molar-refractivity contribution in [2.75, 3.05) is 0 Å². The summed E-state index contributed by atoms with van der Waals surface area (Å²) in [6.07, 6.45) is 9.07. The van der Waals surface area contributed by atoms with Gasteiger partial charge in [0.05, 0.1) is 0 Å². The Kier molecular flexibility index (Phi) is 3.66. The lowest BCUT2D eigenvalue weighted by Gasteiger charge is -2.13. The fourth-order valence-electron chi connectivity index (χ4n) is 3.54. The van der Waals surface area contributed by atoms with Gasteiger partial charge in [0.15, 0.2) is 12.4 Å². The van der Waals surface area contributed by atoms with Crippen LogP contribution in [0.15, 0.2) is 60.9 Å². The van der Waals surface area contributed by atoms with Crippen molar-refractivity contribution < 1.29 is 9.36 Å². The van der Waals surface area contributed by atoms with Crippen molar-refractivity contribution in [1.82, 2.24) is 0 Å². The molecule has 2 nitrogen and oxygen atoms in total. The lowest BCUT2D eigenvalue weighted by molar-refractivity contribution is -0.683. The highest BCUT2D eigenvalue weighted by atomic mass is 16.1. The second-order valence-electron chi connectivity index (χ2n) is 6.32. The highest BCUT2D eigenvalue weighted by Crippen LogP contribution is 2.20. The minimum Gasteiger partial charge on any atom is -0.287 e. The maximum Gasteiger partial charge on any atom is 0.228 e. The molecule has 2 aromatic carbocycles. The average molecular weight is 302 g/mol. The Morgan fingerprint density at radius 1 is 0.913 bits per heavy atom. The van der Waals surface area contributed by atoms with Crippen molar-refractivity contribution in [2.45, 2.75) is 32.2 Å². The van der Waals surface area contributed by atoms with Crippen LogP contribution in [0.4, 0.5) is 0 Å². The molecule has 0 bridgehead atoms. The molecule has 1 aliphatic carbocycles. The molecule has 0 atom stereocenters. The summed E-state index contributed by atoms with van der Waals surface area (Å²) in [4.78, 5) is 12.8. The SMILES string of the molecule is O=C(C[n+]1ccc2c(c1)CCCC2)c1cccc2ccccc12. The van der Waals surface area contributed by atoms with Crippen LogP contribution in [0.3, 0.4) is 0 Å². The van der Waals surface area contributed by atoms with E-state index in [4.69, 9.17) is 0 Å². The van der Waals surface area contributed by atoms with Gasteiger partial charge >= 0.3 is 0 Å². The van der Waals surface area contributed by atoms with Gasteiger partial charge in [-0.1, -0.05) is 42.5 Å². The average Bonchev–Trinajstić information content (AvgIpc) is 2.61. The van der Waals surface area contributed by atoms with E-state index in [0.717, 1.165) is 22.8 Å². The second kappa shape index (κ2) is 5.96. The van der Waals surface area contributed by atoms with E-state index in [1.807, 2.05) is 41.1 Å². The van der Waals surface area contributed by atoms with Crippen LogP contribution in [0.5, 0.6) is 0 Å². The van der Waals surface area contributed by atoms with Gasteiger partial charge in [-0.05, 0) is 42.0 Å². The molecular weight excluding hydrogens is 282 g/mol. The number of pyridine rings is 1. The molecule has 2 heteroatoms. The Bertz CT molecular complexity index is 877. The van der Waals surface area contributed by atoms with Crippen molar-refractivity contribution in [3.63, 3.8) is 0 Å². The zero-order chi connectivity index (χ0) is 15.6. The molecule has 0 saturated heterocycles. The van der Waals surface area contributed by atoms with Gasteiger partial charge < -0.3 is 0 Å². The first-order chi connectivity index (χ1) is 11.3. The van der Waals surface area contributed by atoms with Crippen molar-refractivity contribution >= 4 is 16.6 Å². The molecule has 1 aliphatic rings. The molecule has 3 aromatic rings. The molecule has 0 unspecified atom stereocenters. The summed E-state index contributed by atoms with van der Waals surface area (Å²) >= 11 is 0. The molecule has 0 spiro atoms. The lowest BCUT2D eigenvalue weighted by Crippen LogP contribution is -2.38. The molecule has 0 N–H and O–H groups in total. The Morgan fingerprint density at radius 2 is 1.70 bits per heavy atom. The van der Waals surface area contributed by atoms with E-state index in [0.29, 0.717) is 6.54 Å². The lowest BCUT2D eigenvalue weighted by atomic mass is 9.93. The van der Waals surface area contributed by atoms with E-state index < -0.39 is 0 Å². The fraction of sp³-hybridized carbons (Fsp3) is 0.238. The third-order valence-electron chi connectivity index (χ3n) is 4.76. The Labute approximate surface area is 136 Å². The van der Waals surface area contributed by atoms with Crippen LogP contribution in [0, 0.1) is 0 Å². The maximum absolute atomic E-state index is 12.8. The molecule has 0 amide bonds. The van der Waals surface area contributed by atoms with E-state index in [9.17, 15) is 4.79 Å². The van der Waals surface area contributed by atoms with E-state index in [1.54, 1.807) is 0 Å². The van der Waals surface area contributed by atoms with Crippen LogP contribution in [-0.2, 0) is 19.4 Å². The monoisotopic (exact) mass is 302 g/mol. The van der Waals surface area contributed by atoms with Crippen LogP contribution < -0.4 is 4.57 Å². The van der Waals surface area contributed by atoms with Crippen molar-refractivity contribution in [1.29, 1.82) is 0 Å². The number of hydrogen-bond acceptors (Lipinski definition) is 1. The van der Waals surface area contributed by atoms with Gasteiger partial charge in [0.1, 0.15) is 0 Å². The van der Waals surface area contributed by atoms with Gasteiger partial charge in [0.2, 0.25) is 12.3 Å². The summed E-state index contributed by atoms with van der Waals surface area (Å²) in [7, 11) is 0. The standard InChI is InChI=1S/C21H20NO/c23-21(20-11-5-9-17-7-3-4-10-19(17)20)15-22-13-12-16-6-1-2-8-18(16)14-22/h3-5,7,9-14H,1-2,6,8,15H2/q+1. The minimum absolute atomic E-state index is 0.169. The minimum atomic E-state index is 0.169. The molecule has 114 valence electrons. The van der Waals surface area contributed by atoms with Gasteiger partial charge in [-0.15, -0.1) is 0 Å². The zero-order valence-electron chi connectivity index (χ0n) is 13.2. The van der Waals surface area contributed by atoms with Crippen LogP contribution in [0.2, 0.25) is 0 Å². The molecule has 23 heavy (non-hydrogen) atoms. The Morgan fingerprint density at radius 3 is 2.61 bits per heavy atom. The van der Waals surface area contributed by atoms with Crippen LogP contribution >= 0.6 is 0 Å². The molecule has 1 aromatic heterocycles.